The number of amides is 1. The van der Waals surface area contributed by atoms with E-state index in [2.05, 4.69) is 10.4 Å². The van der Waals surface area contributed by atoms with Crippen LogP contribution in [0, 0.1) is 6.92 Å². The van der Waals surface area contributed by atoms with Gasteiger partial charge in [-0.05, 0) is 47.5 Å². The first-order valence-electron chi connectivity index (χ1n) is 10.6. The van der Waals surface area contributed by atoms with E-state index in [0.717, 1.165) is 16.3 Å². The van der Waals surface area contributed by atoms with Gasteiger partial charge in [0.1, 0.15) is 12.4 Å². The minimum absolute atomic E-state index is 0.0146. The van der Waals surface area contributed by atoms with Crippen LogP contribution < -0.4 is 15.7 Å². The van der Waals surface area contributed by atoms with Crippen molar-refractivity contribution >= 4 is 27.6 Å². The number of benzene rings is 4. The van der Waals surface area contributed by atoms with Crippen LogP contribution in [0.15, 0.2) is 95.8 Å². The van der Waals surface area contributed by atoms with Crippen LogP contribution in [-0.2, 0) is 6.61 Å². The summed E-state index contributed by atoms with van der Waals surface area (Å²) in [6.07, 6.45) is 0. The van der Waals surface area contributed by atoms with Crippen LogP contribution in [0.4, 0.5) is 0 Å². The molecule has 1 heterocycles. The minimum Gasteiger partial charge on any atom is -0.485 e. The molecule has 162 valence electrons. The van der Waals surface area contributed by atoms with Gasteiger partial charge in [0, 0.05) is 5.56 Å². The Kier molecular flexibility index (Phi) is 5.32. The molecule has 0 bridgehead atoms. The Bertz CT molecular complexity index is 1550. The molecule has 6 heteroatoms. The summed E-state index contributed by atoms with van der Waals surface area (Å²) < 4.78 is 7.14. The molecule has 4 aromatic carbocycles. The molecule has 0 fully saturated rings. The standard InChI is InChI=1S/C27H21N3O3/c1-18-9-2-7-16-24(18)33-17-25-28-23-15-6-5-13-22(23)27(32)30(25)29-26(31)21-14-8-11-19-10-3-4-12-20(19)21/h2-16H,17H2,1H3,(H,29,31). The minimum atomic E-state index is -0.400. The molecule has 0 radical (unpaired) electrons. The monoisotopic (exact) mass is 435 g/mol. The van der Waals surface area contributed by atoms with Gasteiger partial charge in [-0.1, -0.05) is 66.7 Å². The second-order valence-corrected chi connectivity index (χ2v) is 7.71. The maximum Gasteiger partial charge on any atom is 0.280 e. The van der Waals surface area contributed by atoms with E-state index in [1.807, 2.05) is 73.7 Å². The molecule has 0 aliphatic heterocycles. The summed E-state index contributed by atoms with van der Waals surface area (Å²) in [5.74, 6) is 0.588. The molecule has 0 aliphatic carbocycles. The van der Waals surface area contributed by atoms with E-state index in [1.54, 1.807) is 24.3 Å². The van der Waals surface area contributed by atoms with Crippen molar-refractivity contribution in [3.63, 3.8) is 0 Å². The lowest BCUT2D eigenvalue weighted by molar-refractivity contribution is 0.101. The van der Waals surface area contributed by atoms with Crippen molar-refractivity contribution in [2.75, 3.05) is 5.43 Å². The molecule has 0 atom stereocenters. The Morgan fingerprint density at radius 3 is 2.42 bits per heavy atom. The van der Waals surface area contributed by atoms with Gasteiger partial charge in [0.15, 0.2) is 5.82 Å². The van der Waals surface area contributed by atoms with Crippen molar-refractivity contribution in [2.45, 2.75) is 13.5 Å². The largest absolute Gasteiger partial charge is 0.485 e. The first-order chi connectivity index (χ1) is 16.1. The highest BCUT2D eigenvalue weighted by molar-refractivity contribution is 6.10. The molecule has 5 aromatic rings. The number of carbonyl (C=O) groups excluding carboxylic acids is 1. The second-order valence-electron chi connectivity index (χ2n) is 7.71. The zero-order chi connectivity index (χ0) is 22.8. The molecule has 5 rings (SSSR count). The fraction of sp³-hybridized carbons (Fsp3) is 0.0741. The zero-order valence-corrected chi connectivity index (χ0v) is 18.0. The van der Waals surface area contributed by atoms with Gasteiger partial charge in [-0.15, -0.1) is 0 Å². The summed E-state index contributed by atoms with van der Waals surface area (Å²) in [5, 5.41) is 2.16. The first kappa shape index (κ1) is 20.5. The second kappa shape index (κ2) is 8.59. The summed E-state index contributed by atoms with van der Waals surface area (Å²) in [5.41, 5.74) is 4.37. The average molecular weight is 435 g/mol. The quantitative estimate of drug-likeness (QED) is 0.430. The molecule has 33 heavy (non-hydrogen) atoms. The summed E-state index contributed by atoms with van der Waals surface area (Å²) in [7, 11) is 0. The van der Waals surface area contributed by atoms with Gasteiger partial charge in [-0.25, -0.2) is 4.98 Å². The summed E-state index contributed by atoms with van der Waals surface area (Å²) in [6, 6.07) is 27.8. The molecule has 0 saturated heterocycles. The van der Waals surface area contributed by atoms with Crippen molar-refractivity contribution in [3.05, 3.63) is 118 Å². The Balaban J connectivity index is 1.56. The van der Waals surface area contributed by atoms with Crippen LogP contribution >= 0.6 is 0 Å². The van der Waals surface area contributed by atoms with Crippen molar-refractivity contribution in [1.82, 2.24) is 9.66 Å². The Morgan fingerprint density at radius 1 is 0.879 bits per heavy atom. The Morgan fingerprint density at radius 2 is 1.58 bits per heavy atom. The lowest BCUT2D eigenvalue weighted by atomic mass is 10.0. The van der Waals surface area contributed by atoms with E-state index in [9.17, 15) is 9.59 Å². The van der Waals surface area contributed by atoms with Crippen LogP contribution in [0.3, 0.4) is 0 Å². The summed E-state index contributed by atoms with van der Waals surface area (Å²) in [6.45, 7) is 1.96. The van der Waals surface area contributed by atoms with Gasteiger partial charge in [0.25, 0.3) is 11.5 Å². The molecule has 1 amide bonds. The third-order valence-corrected chi connectivity index (χ3v) is 5.54. The smallest absolute Gasteiger partial charge is 0.280 e. The maximum absolute atomic E-state index is 13.3. The zero-order valence-electron chi connectivity index (χ0n) is 18.0. The number of aromatic nitrogens is 2. The van der Waals surface area contributed by atoms with Crippen LogP contribution in [0.5, 0.6) is 5.75 Å². The predicted octanol–water partition coefficient (Wildman–Crippen LogP) is 4.82. The van der Waals surface area contributed by atoms with E-state index in [4.69, 9.17) is 4.74 Å². The number of carbonyl (C=O) groups is 1. The lowest BCUT2D eigenvalue weighted by Crippen LogP contribution is -2.37. The number of para-hydroxylation sites is 2. The van der Waals surface area contributed by atoms with Gasteiger partial charge in [0.05, 0.1) is 10.9 Å². The number of hydrogen-bond acceptors (Lipinski definition) is 4. The number of hydrogen-bond donors (Lipinski definition) is 1. The molecule has 1 N–H and O–H groups in total. The fourth-order valence-corrected chi connectivity index (χ4v) is 3.84. The molecule has 6 nitrogen and oxygen atoms in total. The summed E-state index contributed by atoms with van der Waals surface area (Å²) in [4.78, 5) is 31.2. The van der Waals surface area contributed by atoms with Crippen molar-refractivity contribution in [2.24, 2.45) is 0 Å². The highest BCUT2D eigenvalue weighted by Crippen LogP contribution is 2.20. The number of rotatable bonds is 5. The maximum atomic E-state index is 13.3. The van der Waals surface area contributed by atoms with Crippen molar-refractivity contribution in [3.8, 4) is 5.75 Å². The van der Waals surface area contributed by atoms with Crippen LogP contribution in [0.25, 0.3) is 21.7 Å². The number of aryl methyl sites for hydroxylation is 1. The van der Waals surface area contributed by atoms with Gasteiger partial charge < -0.3 is 4.74 Å². The van der Waals surface area contributed by atoms with Gasteiger partial charge >= 0.3 is 0 Å². The Hall–Kier alpha value is -4.45. The highest BCUT2D eigenvalue weighted by Gasteiger charge is 2.16. The van der Waals surface area contributed by atoms with Crippen LogP contribution in [0.2, 0.25) is 0 Å². The topological polar surface area (TPSA) is 73.2 Å². The Labute approximate surface area is 190 Å². The number of nitrogens with zero attached hydrogens (tertiary/aromatic N) is 2. The third kappa shape index (κ3) is 3.94. The number of fused-ring (bicyclic) bond motifs is 2. The highest BCUT2D eigenvalue weighted by atomic mass is 16.5. The lowest BCUT2D eigenvalue weighted by Gasteiger charge is -2.16. The molecular formula is C27H21N3O3. The fourth-order valence-electron chi connectivity index (χ4n) is 3.84. The van der Waals surface area contributed by atoms with Crippen molar-refractivity contribution < 1.29 is 9.53 Å². The number of ether oxygens (including phenoxy) is 1. The average Bonchev–Trinajstić information content (AvgIpc) is 2.85. The SMILES string of the molecule is Cc1ccccc1OCc1nc2ccccc2c(=O)n1NC(=O)c1cccc2ccccc12. The van der Waals surface area contributed by atoms with E-state index in [1.165, 1.54) is 4.68 Å². The number of nitrogens with one attached hydrogen (secondary N) is 1. The van der Waals surface area contributed by atoms with Gasteiger partial charge in [-0.2, -0.15) is 4.68 Å². The van der Waals surface area contributed by atoms with Crippen molar-refractivity contribution in [1.29, 1.82) is 0 Å². The van der Waals surface area contributed by atoms with E-state index in [-0.39, 0.29) is 12.2 Å². The predicted molar refractivity (Wildman–Crippen MR) is 129 cm³/mol. The molecule has 0 aliphatic rings. The normalized spacial score (nSPS) is 10.9. The molecule has 1 aromatic heterocycles. The molecule has 0 saturated carbocycles. The van der Waals surface area contributed by atoms with Crippen LogP contribution in [-0.4, -0.2) is 15.6 Å². The molecule has 0 unspecified atom stereocenters. The molecular weight excluding hydrogens is 414 g/mol. The van der Waals surface area contributed by atoms with E-state index in [0.29, 0.717) is 28.0 Å². The van der Waals surface area contributed by atoms with E-state index < -0.39 is 5.91 Å². The van der Waals surface area contributed by atoms with E-state index >= 15 is 0 Å². The third-order valence-electron chi connectivity index (χ3n) is 5.54. The van der Waals surface area contributed by atoms with Crippen LogP contribution in [0.1, 0.15) is 21.7 Å². The molecule has 0 spiro atoms. The van der Waals surface area contributed by atoms with Gasteiger partial charge in [0.2, 0.25) is 0 Å². The summed E-state index contributed by atoms with van der Waals surface area (Å²) >= 11 is 0. The van der Waals surface area contributed by atoms with Gasteiger partial charge in [-0.3, -0.25) is 15.0 Å². The first-order valence-corrected chi connectivity index (χ1v) is 10.6.